The summed E-state index contributed by atoms with van der Waals surface area (Å²) >= 11 is 0. The smallest absolute Gasteiger partial charge is 0.335 e. The fourth-order valence-electron chi connectivity index (χ4n) is 9.28. The van der Waals surface area contributed by atoms with Gasteiger partial charge in [0.25, 0.3) is 0 Å². The monoisotopic (exact) mass is 943 g/mol. The Labute approximate surface area is 410 Å². The predicted molar refractivity (Wildman–Crippen MR) is 272 cm³/mol. The number of carbonyl (C=O) groups is 1. The zero-order valence-corrected chi connectivity index (χ0v) is 41.2. The molecule has 5 aromatic rings. The van der Waals surface area contributed by atoms with E-state index in [0.717, 1.165) is 87.4 Å². The van der Waals surface area contributed by atoms with Gasteiger partial charge in [-0.3, -0.25) is 0 Å². The Bertz CT molecular complexity index is 2240. The van der Waals surface area contributed by atoms with E-state index >= 15 is 0 Å². The molecule has 0 aromatic heterocycles. The first-order valence-corrected chi connectivity index (χ1v) is 25.7. The summed E-state index contributed by atoms with van der Waals surface area (Å²) in [4.78, 5) is 13.0. The van der Waals surface area contributed by atoms with Crippen LogP contribution in [0.25, 0.3) is 0 Å². The molecule has 5 aromatic carbocycles. The maximum atomic E-state index is 13.0. The van der Waals surface area contributed by atoms with Crippen LogP contribution >= 0.6 is 0 Å². The summed E-state index contributed by atoms with van der Waals surface area (Å²) in [5.74, 6) is 3.38. The van der Waals surface area contributed by atoms with Crippen LogP contribution in [0.3, 0.4) is 0 Å². The quantitative estimate of drug-likeness (QED) is 0.0701. The van der Waals surface area contributed by atoms with E-state index in [4.69, 9.17) is 37.9 Å². The number of hydrogen-bond donors (Lipinski definition) is 1. The molecule has 0 atom stereocenters. The highest BCUT2D eigenvalue weighted by atomic mass is 16.6. The van der Waals surface area contributed by atoms with Gasteiger partial charge in [0.05, 0.1) is 45.2 Å². The van der Waals surface area contributed by atoms with Crippen LogP contribution in [0.5, 0.6) is 34.5 Å². The van der Waals surface area contributed by atoms with Crippen LogP contribution in [0.4, 0.5) is 0 Å². The molecule has 2 heterocycles. The molecule has 0 saturated carbocycles. The van der Waals surface area contributed by atoms with Gasteiger partial charge in [-0.05, 0) is 81.6 Å². The van der Waals surface area contributed by atoms with E-state index in [9.17, 15) is 9.90 Å². The van der Waals surface area contributed by atoms with Crippen molar-refractivity contribution in [2.24, 2.45) is 0 Å². The molecule has 3 aliphatic rings. The molecule has 2 aliphatic heterocycles. The van der Waals surface area contributed by atoms with Gasteiger partial charge in [0.1, 0.15) is 49.4 Å². The lowest BCUT2D eigenvalue weighted by molar-refractivity contribution is 0.0691. The second-order valence-electron chi connectivity index (χ2n) is 18.1. The Morgan fingerprint density at radius 2 is 0.797 bits per heavy atom. The van der Waals surface area contributed by atoms with Gasteiger partial charge in [-0.25, -0.2) is 4.79 Å². The summed E-state index contributed by atoms with van der Waals surface area (Å²) in [6.45, 7) is 8.26. The minimum absolute atomic E-state index is 0.201. The average molecular weight is 943 g/mol. The highest BCUT2D eigenvalue weighted by Gasteiger charge is 2.24. The number of unbranched alkanes of at least 4 members (excludes halogenated alkanes) is 10. The first-order chi connectivity index (χ1) is 34.0. The third kappa shape index (κ3) is 15.4. The Kier molecular flexibility index (Phi) is 20.8. The fraction of sp³-hybridized carbons (Fsp3) is 0.475. The summed E-state index contributed by atoms with van der Waals surface area (Å²) in [5.41, 5.74) is 7.79. The Hall–Kier alpha value is -5.71. The summed E-state index contributed by atoms with van der Waals surface area (Å²) in [6.07, 6.45) is 15.7. The van der Waals surface area contributed by atoms with E-state index in [0.29, 0.717) is 102 Å². The van der Waals surface area contributed by atoms with E-state index in [2.05, 4.69) is 68.4 Å². The predicted octanol–water partition coefficient (Wildman–Crippen LogP) is 12.8. The number of para-hydroxylation sites is 5. The number of carboxylic acid groups (broad SMARTS) is 1. The average Bonchev–Trinajstić information content (AvgIpc) is 3.35. The number of ether oxygens (including phenoxy) is 8. The number of carboxylic acids is 1. The number of rotatable bonds is 17. The summed E-state index contributed by atoms with van der Waals surface area (Å²) in [5, 5.41) is 10.7. The largest absolute Gasteiger partial charge is 0.493 e. The molecule has 10 heteroatoms. The third-order valence-electron chi connectivity index (χ3n) is 12.8. The lowest BCUT2D eigenvalue weighted by atomic mass is 9.90. The third-order valence-corrected chi connectivity index (χ3v) is 12.8. The van der Waals surface area contributed by atoms with Crippen molar-refractivity contribution in [1.29, 1.82) is 0 Å². The Morgan fingerprint density at radius 1 is 0.435 bits per heavy atom. The van der Waals surface area contributed by atoms with Crippen molar-refractivity contribution in [1.82, 2.24) is 0 Å². The highest BCUT2D eigenvalue weighted by Crippen LogP contribution is 2.40. The summed E-state index contributed by atoms with van der Waals surface area (Å²) in [6, 6.07) is 30.2. The van der Waals surface area contributed by atoms with Crippen molar-refractivity contribution < 1.29 is 47.8 Å². The summed E-state index contributed by atoms with van der Waals surface area (Å²) < 4.78 is 51.7. The zero-order chi connectivity index (χ0) is 47.9. The maximum Gasteiger partial charge on any atom is 0.335 e. The Morgan fingerprint density at radius 3 is 1.22 bits per heavy atom. The van der Waals surface area contributed by atoms with E-state index in [1.807, 2.05) is 24.3 Å². The van der Waals surface area contributed by atoms with Crippen molar-refractivity contribution in [2.45, 2.75) is 117 Å². The first kappa shape index (κ1) is 51.1. The van der Waals surface area contributed by atoms with E-state index < -0.39 is 5.97 Å². The van der Waals surface area contributed by atoms with Gasteiger partial charge in [-0.2, -0.15) is 0 Å². The molecule has 10 bridgehead atoms. The first-order valence-electron chi connectivity index (χ1n) is 25.7. The van der Waals surface area contributed by atoms with Crippen LogP contribution in [0.1, 0.15) is 146 Å². The minimum Gasteiger partial charge on any atom is -0.493 e. The van der Waals surface area contributed by atoms with Gasteiger partial charge in [0.2, 0.25) is 0 Å². The summed E-state index contributed by atoms with van der Waals surface area (Å²) in [7, 11) is 0. The van der Waals surface area contributed by atoms with Crippen LogP contribution in [0.2, 0.25) is 0 Å². The highest BCUT2D eigenvalue weighted by molar-refractivity contribution is 5.88. The van der Waals surface area contributed by atoms with Crippen molar-refractivity contribution in [3.8, 4) is 34.5 Å². The molecular weight excluding hydrogens is 869 g/mol. The van der Waals surface area contributed by atoms with Crippen molar-refractivity contribution in [2.75, 3.05) is 66.1 Å². The lowest BCUT2D eigenvalue weighted by Crippen LogP contribution is -2.15. The van der Waals surface area contributed by atoms with Crippen LogP contribution < -0.4 is 28.4 Å². The van der Waals surface area contributed by atoms with Crippen LogP contribution in [0, 0.1) is 0 Å². The molecular formula is C59H74O10. The van der Waals surface area contributed by atoms with E-state index in [-0.39, 0.29) is 12.2 Å². The van der Waals surface area contributed by atoms with Crippen molar-refractivity contribution in [3.05, 3.63) is 141 Å². The molecule has 0 unspecified atom stereocenters. The van der Waals surface area contributed by atoms with Crippen molar-refractivity contribution >= 4 is 5.97 Å². The SMILES string of the molecule is CCCCCCCCOc1c2cccc1Cc1cc(C(=O)O)cc3c1OCCOCCOc1ccccc1OCCOCCOc1c(cccc1Cc1cccc(c1OCCCCCCCC)C3)C2. The normalized spacial score (nSPS) is 14.5. The van der Waals surface area contributed by atoms with Crippen LogP contribution in [-0.4, -0.2) is 77.1 Å². The second kappa shape index (κ2) is 28.1. The van der Waals surface area contributed by atoms with Crippen LogP contribution in [0.15, 0.2) is 91.0 Å². The van der Waals surface area contributed by atoms with E-state index in [1.165, 1.54) is 51.4 Å². The molecule has 1 aliphatic carbocycles. The standard InChI is InChI=1S/C59H74O10/c1-3-5-7-9-11-15-28-66-55-44-20-18-24-48(55)40-50-42-52(59(60)61)43-51-41-49-25-19-21-45(56(49)67-29-16-12-10-8-6-4-2)39-47-23-17-22-46(38-44)57(47)68-36-32-62-30-34-64-53-26-13-14-27-54(53)65-35-31-63-33-37-69-58(50)51/h13-14,17-27,42-43H,3-12,15-16,28-41H2,1-2H3,(H,60,61). The molecule has 0 saturated heterocycles. The molecule has 69 heavy (non-hydrogen) atoms. The van der Waals surface area contributed by atoms with Gasteiger partial charge in [-0.15, -0.1) is 0 Å². The molecule has 1 N–H and O–H groups in total. The van der Waals surface area contributed by atoms with Gasteiger partial charge < -0.3 is 43.0 Å². The minimum atomic E-state index is -0.998. The molecule has 10 nitrogen and oxygen atoms in total. The van der Waals surface area contributed by atoms with E-state index in [1.54, 1.807) is 12.1 Å². The molecule has 0 radical (unpaired) electrons. The molecule has 370 valence electrons. The van der Waals surface area contributed by atoms with Crippen LogP contribution in [-0.2, 0) is 35.2 Å². The number of benzene rings is 5. The number of fused-ring (bicyclic) bond motifs is 12. The topological polar surface area (TPSA) is 111 Å². The lowest BCUT2D eigenvalue weighted by Gasteiger charge is -2.23. The molecule has 0 amide bonds. The van der Waals surface area contributed by atoms with Gasteiger partial charge in [0, 0.05) is 25.7 Å². The maximum absolute atomic E-state index is 13.0. The number of hydrogen-bond acceptors (Lipinski definition) is 9. The second-order valence-corrected chi connectivity index (χ2v) is 18.1. The molecule has 8 rings (SSSR count). The van der Waals surface area contributed by atoms with Gasteiger partial charge in [0.15, 0.2) is 11.5 Å². The van der Waals surface area contributed by atoms with Gasteiger partial charge in [-0.1, -0.05) is 145 Å². The van der Waals surface area contributed by atoms with Gasteiger partial charge >= 0.3 is 5.97 Å². The zero-order valence-electron chi connectivity index (χ0n) is 41.2. The molecule has 0 spiro atoms. The van der Waals surface area contributed by atoms with Crippen molar-refractivity contribution in [3.63, 3.8) is 0 Å². The Balaban J connectivity index is 1.32. The fourth-order valence-corrected chi connectivity index (χ4v) is 9.28. The molecule has 0 fully saturated rings. The number of aromatic carboxylic acids is 1.